The van der Waals surface area contributed by atoms with E-state index in [9.17, 15) is 0 Å². The van der Waals surface area contributed by atoms with Crippen molar-refractivity contribution in [3.63, 3.8) is 0 Å². The summed E-state index contributed by atoms with van der Waals surface area (Å²) < 4.78 is 10.5. The van der Waals surface area contributed by atoms with Crippen molar-refractivity contribution < 1.29 is 9.47 Å². The van der Waals surface area contributed by atoms with E-state index in [0.717, 1.165) is 23.5 Å². The van der Waals surface area contributed by atoms with Gasteiger partial charge < -0.3 is 15.2 Å². The Morgan fingerprint density at radius 3 is 2.41 bits per heavy atom. The molecule has 17 heavy (non-hydrogen) atoms. The van der Waals surface area contributed by atoms with E-state index in [1.807, 2.05) is 18.2 Å². The van der Waals surface area contributed by atoms with Crippen molar-refractivity contribution in [3.05, 3.63) is 23.8 Å². The zero-order chi connectivity index (χ0) is 12.7. The Hall–Kier alpha value is -1.22. The van der Waals surface area contributed by atoms with E-state index in [0.29, 0.717) is 0 Å². The van der Waals surface area contributed by atoms with Gasteiger partial charge in [0, 0.05) is 6.04 Å². The number of hydrogen-bond donors (Lipinski definition) is 1. The SMILES string of the molecule is CCCCC[C@@H](N)c1ccc(OC)c(OC)c1. The van der Waals surface area contributed by atoms with Gasteiger partial charge in [0.25, 0.3) is 0 Å². The minimum atomic E-state index is 0.0846. The Bertz CT molecular complexity index is 339. The molecule has 1 atom stereocenters. The predicted octanol–water partition coefficient (Wildman–Crippen LogP) is 3.28. The third-order valence-electron chi connectivity index (χ3n) is 2.95. The van der Waals surface area contributed by atoms with E-state index >= 15 is 0 Å². The second-order valence-corrected chi connectivity index (χ2v) is 4.22. The molecular weight excluding hydrogens is 214 g/mol. The summed E-state index contributed by atoms with van der Waals surface area (Å²) in [6.45, 7) is 2.20. The van der Waals surface area contributed by atoms with Gasteiger partial charge in [-0.05, 0) is 24.1 Å². The maximum absolute atomic E-state index is 6.15. The second-order valence-electron chi connectivity index (χ2n) is 4.22. The number of unbranched alkanes of at least 4 members (excludes halogenated alkanes) is 2. The van der Waals surface area contributed by atoms with E-state index in [-0.39, 0.29) is 6.04 Å². The van der Waals surface area contributed by atoms with Crippen molar-refractivity contribution in [2.24, 2.45) is 5.73 Å². The fourth-order valence-electron chi connectivity index (χ4n) is 1.86. The summed E-state index contributed by atoms with van der Waals surface area (Å²) in [6, 6.07) is 5.97. The molecule has 0 saturated carbocycles. The van der Waals surface area contributed by atoms with Crippen LogP contribution < -0.4 is 15.2 Å². The van der Waals surface area contributed by atoms with Crippen LogP contribution in [-0.4, -0.2) is 14.2 Å². The van der Waals surface area contributed by atoms with Crippen LogP contribution in [0.15, 0.2) is 18.2 Å². The molecule has 1 rings (SSSR count). The monoisotopic (exact) mass is 237 g/mol. The molecule has 0 fully saturated rings. The van der Waals surface area contributed by atoms with Crippen molar-refractivity contribution in [1.82, 2.24) is 0 Å². The molecule has 0 saturated heterocycles. The Morgan fingerprint density at radius 1 is 1.12 bits per heavy atom. The molecule has 0 aliphatic carbocycles. The molecule has 2 N–H and O–H groups in total. The highest BCUT2D eigenvalue weighted by molar-refractivity contribution is 5.43. The zero-order valence-corrected chi connectivity index (χ0v) is 11.0. The Labute approximate surface area is 104 Å². The maximum Gasteiger partial charge on any atom is 0.161 e. The Balaban J connectivity index is 2.70. The molecule has 0 aromatic heterocycles. The molecule has 3 heteroatoms. The Kier molecular flexibility index (Phi) is 5.84. The van der Waals surface area contributed by atoms with Crippen LogP contribution in [0.1, 0.15) is 44.2 Å². The van der Waals surface area contributed by atoms with Crippen molar-refractivity contribution >= 4 is 0 Å². The molecule has 1 aromatic rings. The van der Waals surface area contributed by atoms with Gasteiger partial charge in [-0.1, -0.05) is 32.3 Å². The first kappa shape index (κ1) is 13.8. The molecule has 0 aliphatic heterocycles. The van der Waals surface area contributed by atoms with Gasteiger partial charge in [0.1, 0.15) is 0 Å². The number of methoxy groups -OCH3 is 2. The molecule has 0 spiro atoms. The molecule has 3 nitrogen and oxygen atoms in total. The number of ether oxygens (including phenoxy) is 2. The van der Waals surface area contributed by atoms with Crippen molar-refractivity contribution in [2.45, 2.75) is 38.6 Å². The highest BCUT2D eigenvalue weighted by atomic mass is 16.5. The van der Waals surface area contributed by atoms with Crippen LogP contribution in [0.5, 0.6) is 11.5 Å². The normalized spacial score (nSPS) is 12.2. The van der Waals surface area contributed by atoms with Crippen LogP contribution in [0.2, 0.25) is 0 Å². The summed E-state index contributed by atoms with van der Waals surface area (Å²) in [5, 5.41) is 0. The number of rotatable bonds is 7. The lowest BCUT2D eigenvalue weighted by Gasteiger charge is -2.14. The Morgan fingerprint density at radius 2 is 1.82 bits per heavy atom. The average molecular weight is 237 g/mol. The van der Waals surface area contributed by atoms with Crippen molar-refractivity contribution in [3.8, 4) is 11.5 Å². The van der Waals surface area contributed by atoms with E-state index < -0.39 is 0 Å². The minimum Gasteiger partial charge on any atom is -0.493 e. The number of benzene rings is 1. The highest BCUT2D eigenvalue weighted by Crippen LogP contribution is 2.30. The van der Waals surface area contributed by atoms with Gasteiger partial charge in [0.05, 0.1) is 14.2 Å². The molecule has 1 aromatic carbocycles. The summed E-state index contributed by atoms with van der Waals surface area (Å²) in [4.78, 5) is 0. The largest absolute Gasteiger partial charge is 0.493 e. The topological polar surface area (TPSA) is 44.5 Å². The highest BCUT2D eigenvalue weighted by Gasteiger charge is 2.10. The summed E-state index contributed by atoms with van der Waals surface area (Å²) in [5.41, 5.74) is 7.26. The van der Waals surface area contributed by atoms with E-state index in [1.165, 1.54) is 19.3 Å². The summed E-state index contributed by atoms with van der Waals surface area (Å²) in [6.07, 6.45) is 4.65. The van der Waals surface area contributed by atoms with E-state index in [1.54, 1.807) is 14.2 Å². The van der Waals surface area contributed by atoms with Crippen LogP contribution >= 0.6 is 0 Å². The van der Waals surface area contributed by atoms with Gasteiger partial charge in [-0.25, -0.2) is 0 Å². The fourth-order valence-corrected chi connectivity index (χ4v) is 1.86. The standard InChI is InChI=1S/C14H23NO2/c1-4-5-6-7-12(15)11-8-9-13(16-2)14(10-11)17-3/h8-10,12H,4-7,15H2,1-3H3/t12-/m1/s1. The fraction of sp³-hybridized carbons (Fsp3) is 0.571. The first-order valence-electron chi connectivity index (χ1n) is 6.20. The van der Waals surface area contributed by atoms with Crippen LogP contribution in [0.3, 0.4) is 0 Å². The predicted molar refractivity (Wildman–Crippen MR) is 70.6 cm³/mol. The molecule has 0 bridgehead atoms. The molecule has 0 radical (unpaired) electrons. The lowest BCUT2D eigenvalue weighted by Crippen LogP contribution is -2.10. The van der Waals surface area contributed by atoms with Gasteiger partial charge in [-0.3, -0.25) is 0 Å². The third kappa shape index (κ3) is 3.93. The maximum atomic E-state index is 6.15. The molecule has 0 amide bonds. The second kappa shape index (κ2) is 7.17. The van der Waals surface area contributed by atoms with Crippen molar-refractivity contribution in [2.75, 3.05) is 14.2 Å². The average Bonchev–Trinajstić information content (AvgIpc) is 2.38. The molecule has 0 unspecified atom stereocenters. The van der Waals surface area contributed by atoms with Gasteiger partial charge in [-0.15, -0.1) is 0 Å². The minimum absolute atomic E-state index is 0.0846. The number of hydrogen-bond acceptors (Lipinski definition) is 3. The van der Waals surface area contributed by atoms with Crippen LogP contribution in [0, 0.1) is 0 Å². The van der Waals surface area contributed by atoms with Crippen LogP contribution in [0.25, 0.3) is 0 Å². The van der Waals surface area contributed by atoms with Gasteiger partial charge in [-0.2, -0.15) is 0 Å². The molecular formula is C14H23NO2. The summed E-state index contributed by atoms with van der Waals surface area (Å²) in [5.74, 6) is 1.49. The molecule has 96 valence electrons. The number of nitrogens with two attached hydrogens (primary N) is 1. The quantitative estimate of drug-likeness (QED) is 0.740. The van der Waals surface area contributed by atoms with E-state index in [4.69, 9.17) is 15.2 Å². The van der Waals surface area contributed by atoms with Gasteiger partial charge >= 0.3 is 0 Å². The molecule has 0 heterocycles. The van der Waals surface area contributed by atoms with Crippen molar-refractivity contribution in [1.29, 1.82) is 0 Å². The first-order chi connectivity index (χ1) is 8.22. The van der Waals surface area contributed by atoms with Gasteiger partial charge in [0.15, 0.2) is 11.5 Å². The molecule has 0 aliphatic rings. The summed E-state index contributed by atoms with van der Waals surface area (Å²) in [7, 11) is 3.28. The third-order valence-corrected chi connectivity index (χ3v) is 2.95. The lowest BCUT2D eigenvalue weighted by atomic mass is 10.0. The smallest absolute Gasteiger partial charge is 0.161 e. The van der Waals surface area contributed by atoms with Crippen LogP contribution in [-0.2, 0) is 0 Å². The van der Waals surface area contributed by atoms with Crippen LogP contribution in [0.4, 0.5) is 0 Å². The lowest BCUT2D eigenvalue weighted by molar-refractivity contribution is 0.354. The zero-order valence-electron chi connectivity index (χ0n) is 11.0. The first-order valence-corrected chi connectivity index (χ1v) is 6.20. The summed E-state index contributed by atoms with van der Waals surface area (Å²) >= 11 is 0. The van der Waals surface area contributed by atoms with Gasteiger partial charge in [0.2, 0.25) is 0 Å². The van der Waals surface area contributed by atoms with E-state index in [2.05, 4.69) is 6.92 Å².